The number of ether oxygens (including phenoxy) is 1. The average Bonchev–Trinajstić information content (AvgIpc) is 3.04. The summed E-state index contributed by atoms with van der Waals surface area (Å²) >= 11 is 0. The van der Waals surface area contributed by atoms with Gasteiger partial charge in [-0.3, -0.25) is 0 Å². The average molecular weight is 369 g/mol. The first-order valence-corrected chi connectivity index (χ1v) is 10.00. The van der Waals surface area contributed by atoms with E-state index < -0.39 is 0 Å². The molecule has 0 amide bonds. The van der Waals surface area contributed by atoms with Crippen LogP contribution in [-0.4, -0.2) is 30.8 Å². The zero-order valence-corrected chi connectivity index (χ0v) is 16.3. The van der Waals surface area contributed by atoms with Gasteiger partial charge in [0.2, 0.25) is 0 Å². The van der Waals surface area contributed by atoms with Gasteiger partial charge in [0.15, 0.2) is 0 Å². The molecule has 0 radical (unpaired) electrons. The van der Waals surface area contributed by atoms with Crippen LogP contribution in [0.1, 0.15) is 36.1 Å². The van der Waals surface area contributed by atoms with Crippen LogP contribution in [0.4, 0.5) is 11.5 Å². The number of nitrogens with one attached hydrogen (secondary N) is 1. The van der Waals surface area contributed by atoms with Crippen molar-refractivity contribution in [3.8, 4) is 0 Å². The zero-order chi connectivity index (χ0) is 19.1. The van der Waals surface area contributed by atoms with Crippen molar-refractivity contribution in [1.29, 1.82) is 0 Å². The fourth-order valence-corrected chi connectivity index (χ4v) is 3.84. The molecule has 2 aromatic rings. The molecule has 1 aromatic carbocycles. The van der Waals surface area contributed by atoms with Gasteiger partial charge in [-0.05, 0) is 68.0 Å². The third kappa shape index (κ3) is 6.22. The highest BCUT2D eigenvalue weighted by Gasteiger charge is 2.28. The molecule has 5 N–H and O–H groups in total. The van der Waals surface area contributed by atoms with E-state index in [1.54, 1.807) is 0 Å². The largest absolute Gasteiger partial charge is 0.399 e. The Labute approximate surface area is 162 Å². The molecular formula is C22H32N4O. The molecule has 146 valence electrons. The fourth-order valence-electron chi connectivity index (χ4n) is 3.84. The maximum atomic E-state index is 6.18. The molecule has 3 rings (SSSR count). The Morgan fingerprint density at radius 2 is 2.00 bits per heavy atom. The lowest BCUT2D eigenvalue weighted by Crippen LogP contribution is -2.25. The van der Waals surface area contributed by atoms with Gasteiger partial charge < -0.3 is 21.5 Å². The minimum Gasteiger partial charge on any atom is -0.399 e. The Morgan fingerprint density at radius 3 is 2.81 bits per heavy atom. The highest BCUT2D eigenvalue weighted by atomic mass is 16.5. The molecule has 1 aliphatic heterocycles. The van der Waals surface area contributed by atoms with Crippen LogP contribution in [0, 0.1) is 12.8 Å². The first kappa shape index (κ1) is 19.6. The van der Waals surface area contributed by atoms with Crippen molar-refractivity contribution in [2.24, 2.45) is 5.92 Å². The first-order chi connectivity index (χ1) is 13.1. The van der Waals surface area contributed by atoms with Crippen molar-refractivity contribution in [1.82, 2.24) is 10.3 Å². The van der Waals surface area contributed by atoms with Gasteiger partial charge in [0.1, 0.15) is 5.82 Å². The number of pyridine rings is 1. The van der Waals surface area contributed by atoms with Crippen molar-refractivity contribution in [3.05, 3.63) is 53.2 Å². The molecule has 2 heterocycles. The minimum absolute atomic E-state index is 0.266. The van der Waals surface area contributed by atoms with Crippen LogP contribution in [0.15, 0.2) is 36.4 Å². The summed E-state index contributed by atoms with van der Waals surface area (Å²) in [4.78, 5) is 4.47. The lowest BCUT2D eigenvalue weighted by Gasteiger charge is -2.19. The van der Waals surface area contributed by atoms with Gasteiger partial charge in [-0.25, -0.2) is 4.98 Å². The van der Waals surface area contributed by atoms with Crippen LogP contribution in [0.25, 0.3) is 0 Å². The lowest BCUT2D eigenvalue weighted by atomic mass is 9.99. The highest BCUT2D eigenvalue weighted by molar-refractivity contribution is 5.40. The molecule has 1 saturated heterocycles. The van der Waals surface area contributed by atoms with Crippen LogP contribution in [0.2, 0.25) is 0 Å². The molecular weight excluding hydrogens is 336 g/mol. The van der Waals surface area contributed by atoms with Crippen LogP contribution in [0.3, 0.4) is 0 Å². The van der Waals surface area contributed by atoms with Crippen LogP contribution < -0.4 is 16.8 Å². The van der Waals surface area contributed by atoms with Gasteiger partial charge in [-0.2, -0.15) is 0 Å². The van der Waals surface area contributed by atoms with Crippen LogP contribution in [0.5, 0.6) is 0 Å². The molecule has 0 saturated carbocycles. The van der Waals surface area contributed by atoms with Gasteiger partial charge in [0, 0.05) is 37.0 Å². The van der Waals surface area contributed by atoms with E-state index >= 15 is 0 Å². The third-order valence-electron chi connectivity index (χ3n) is 5.18. The van der Waals surface area contributed by atoms with E-state index in [2.05, 4.69) is 35.4 Å². The summed E-state index contributed by atoms with van der Waals surface area (Å²) in [5, 5.41) is 3.45. The molecule has 1 aromatic heterocycles. The van der Waals surface area contributed by atoms with Crippen molar-refractivity contribution in [2.75, 3.05) is 31.2 Å². The van der Waals surface area contributed by atoms with E-state index in [0.29, 0.717) is 11.7 Å². The molecule has 0 unspecified atom stereocenters. The molecule has 5 heteroatoms. The second-order valence-electron chi connectivity index (χ2n) is 7.65. The molecule has 5 nitrogen and oxygen atoms in total. The van der Waals surface area contributed by atoms with E-state index in [1.165, 1.54) is 24.0 Å². The number of nitrogens with two attached hydrogens (primary N) is 2. The number of nitrogen functional groups attached to an aromatic ring is 2. The fraction of sp³-hybridized carbons (Fsp3) is 0.500. The number of hydrogen-bond donors (Lipinski definition) is 3. The minimum atomic E-state index is 0.266. The van der Waals surface area contributed by atoms with Crippen molar-refractivity contribution in [2.45, 2.75) is 45.1 Å². The summed E-state index contributed by atoms with van der Waals surface area (Å²) in [5.41, 5.74) is 16.1. The number of anilines is 2. The van der Waals surface area contributed by atoms with Gasteiger partial charge in [0.05, 0.1) is 6.10 Å². The van der Waals surface area contributed by atoms with E-state index in [-0.39, 0.29) is 6.10 Å². The smallest absolute Gasteiger partial charge is 0.123 e. The Kier molecular flexibility index (Phi) is 7.07. The summed E-state index contributed by atoms with van der Waals surface area (Å²) in [6, 6.07) is 12.2. The summed E-state index contributed by atoms with van der Waals surface area (Å²) in [6.07, 6.45) is 5.71. The number of rotatable bonds is 9. The topological polar surface area (TPSA) is 86.2 Å². The Bertz CT molecular complexity index is 714. The zero-order valence-electron chi connectivity index (χ0n) is 16.3. The van der Waals surface area contributed by atoms with E-state index in [1.807, 2.05) is 18.2 Å². The second kappa shape index (κ2) is 9.72. The van der Waals surface area contributed by atoms with Crippen molar-refractivity contribution in [3.63, 3.8) is 0 Å². The maximum Gasteiger partial charge on any atom is 0.123 e. The summed E-state index contributed by atoms with van der Waals surface area (Å²) < 4.78 is 6.18. The molecule has 1 fully saturated rings. The molecule has 27 heavy (non-hydrogen) atoms. The van der Waals surface area contributed by atoms with E-state index in [0.717, 1.165) is 50.3 Å². The molecule has 0 aliphatic carbocycles. The normalized spacial score (nSPS) is 19.4. The van der Waals surface area contributed by atoms with Gasteiger partial charge in [0.25, 0.3) is 0 Å². The summed E-state index contributed by atoms with van der Waals surface area (Å²) in [7, 11) is 0. The van der Waals surface area contributed by atoms with Gasteiger partial charge in [-0.15, -0.1) is 0 Å². The number of unbranched alkanes of at least 4 members (excludes halogenated alkanes) is 2. The van der Waals surface area contributed by atoms with Gasteiger partial charge >= 0.3 is 0 Å². The number of benzene rings is 1. The number of nitrogens with zero attached hydrogens (tertiary/aromatic N) is 1. The van der Waals surface area contributed by atoms with Gasteiger partial charge in [-0.1, -0.05) is 18.6 Å². The Hall–Kier alpha value is -2.11. The van der Waals surface area contributed by atoms with Crippen molar-refractivity contribution >= 4 is 11.5 Å². The summed E-state index contributed by atoms with van der Waals surface area (Å²) in [6.45, 7) is 4.79. The Balaban J connectivity index is 1.36. The Morgan fingerprint density at radius 1 is 1.11 bits per heavy atom. The monoisotopic (exact) mass is 368 g/mol. The van der Waals surface area contributed by atoms with E-state index in [4.69, 9.17) is 16.2 Å². The highest BCUT2D eigenvalue weighted by Crippen LogP contribution is 2.20. The number of hydrogen-bond acceptors (Lipinski definition) is 5. The maximum absolute atomic E-state index is 6.18. The molecule has 0 spiro atoms. The predicted octanol–water partition coefficient (Wildman–Crippen LogP) is 3.11. The van der Waals surface area contributed by atoms with Crippen LogP contribution in [-0.2, 0) is 17.6 Å². The van der Waals surface area contributed by atoms with E-state index in [9.17, 15) is 0 Å². The number of aromatic nitrogens is 1. The predicted molar refractivity (Wildman–Crippen MR) is 112 cm³/mol. The number of aryl methyl sites for hydroxylation is 2. The summed E-state index contributed by atoms with van der Waals surface area (Å²) in [5.74, 6) is 1.07. The first-order valence-electron chi connectivity index (χ1n) is 10.00. The molecule has 1 aliphatic rings. The third-order valence-corrected chi connectivity index (χ3v) is 5.18. The molecule has 2 atom stereocenters. The standard InChI is InChI=1S/C22H32N4O/c1-16-10-20(26-22(24)11-16)13-18-14-25-15-21(18)27-9-4-2-3-6-17-7-5-8-19(23)12-17/h5,7-8,10-12,18,21,25H,2-4,6,9,13-15,23H2,1H3,(H2,24,26)/t18-,21+/m1/s1. The SMILES string of the molecule is Cc1cc(N)nc(C[C@@H]2CNC[C@@H]2OCCCCCc2cccc(N)c2)c1. The molecule has 0 bridgehead atoms. The second-order valence-corrected chi connectivity index (χ2v) is 7.65. The van der Waals surface area contributed by atoms with Crippen LogP contribution >= 0.6 is 0 Å². The quantitative estimate of drug-likeness (QED) is 0.468. The lowest BCUT2D eigenvalue weighted by molar-refractivity contribution is 0.0354. The van der Waals surface area contributed by atoms with Crippen molar-refractivity contribution < 1.29 is 4.74 Å².